The first-order valence-corrected chi connectivity index (χ1v) is 10.4. The van der Waals surface area contributed by atoms with Crippen molar-refractivity contribution in [1.82, 2.24) is 10.6 Å². The smallest absolute Gasteiger partial charge is 0.338 e. The lowest BCUT2D eigenvalue weighted by Crippen LogP contribution is -2.45. The molecular weight excluding hydrogens is 370 g/mol. The number of benzene rings is 1. The zero-order valence-corrected chi connectivity index (χ0v) is 18.2. The maximum atomic E-state index is 13.1. The largest absolute Gasteiger partial charge is 0.459 e. The van der Waals surface area contributed by atoms with Gasteiger partial charge in [-0.15, -0.1) is 0 Å². The van der Waals surface area contributed by atoms with Crippen LogP contribution in [0.4, 0.5) is 5.69 Å². The minimum absolute atomic E-state index is 0.00959. The number of rotatable bonds is 4. The van der Waals surface area contributed by atoms with Gasteiger partial charge in [0.2, 0.25) is 0 Å². The van der Waals surface area contributed by atoms with Crippen LogP contribution >= 0.6 is 12.2 Å². The fourth-order valence-corrected chi connectivity index (χ4v) is 4.27. The van der Waals surface area contributed by atoms with Crippen LogP contribution in [0, 0.1) is 11.8 Å². The molecular formula is C22H31N3O2S. The van der Waals surface area contributed by atoms with Crippen LogP contribution in [0.3, 0.4) is 0 Å². The van der Waals surface area contributed by atoms with Crippen LogP contribution in [-0.2, 0) is 9.53 Å². The van der Waals surface area contributed by atoms with Gasteiger partial charge in [0, 0.05) is 25.5 Å². The maximum absolute atomic E-state index is 13.1. The number of carbonyl (C=O) groups is 1. The van der Waals surface area contributed by atoms with Crippen molar-refractivity contribution in [2.45, 2.75) is 52.2 Å². The Morgan fingerprint density at radius 2 is 1.82 bits per heavy atom. The third kappa shape index (κ3) is 4.49. The van der Waals surface area contributed by atoms with Crippen LogP contribution in [0.25, 0.3) is 0 Å². The summed E-state index contributed by atoms with van der Waals surface area (Å²) >= 11 is 5.34. The predicted molar refractivity (Wildman–Crippen MR) is 117 cm³/mol. The van der Waals surface area contributed by atoms with E-state index < -0.39 is 0 Å². The Bertz CT molecular complexity index is 772. The molecule has 0 aromatic heterocycles. The zero-order valence-electron chi connectivity index (χ0n) is 17.4. The lowest BCUT2D eigenvalue weighted by atomic mass is 9.80. The molecule has 0 bridgehead atoms. The maximum Gasteiger partial charge on any atom is 0.338 e. The summed E-state index contributed by atoms with van der Waals surface area (Å²) < 4.78 is 5.94. The van der Waals surface area contributed by atoms with Gasteiger partial charge in [-0.1, -0.05) is 26.0 Å². The Morgan fingerprint density at radius 1 is 1.14 bits per heavy atom. The lowest BCUT2D eigenvalue weighted by molar-refractivity contribution is -0.147. The van der Waals surface area contributed by atoms with Gasteiger partial charge in [0.1, 0.15) is 6.10 Å². The monoisotopic (exact) mass is 401 g/mol. The van der Waals surface area contributed by atoms with E-state index in [1.54, 1.807) is 0 Å². The van der Waals surface area contributed by atoms with E-state index in [0.29, 0.717) is 22.5 Å². The van der Waals surface area contributed by atoms with Crippen molar-refractivity contribution >= 4 is 29.0 Å². The van der Waals surface area contributed by atoms with Gasteiger partial charge in [-0.25, -0.2) is 4.79 Å². The highest BCUT2D eigenvalue weighted by Crippen LogP contribution is 2.33. The molecule has 1 aromatic carbocycles. The van der Waals surface area contributed by atoms with E-state index in [1.165, 1.54) is 0 Å². The van der Waals surface area contributed by atoms with Crippen LogP contribution in [0.15, 0.2) is 35.5 Å². The first-order chi connectivity index (χ1) is 13.3. The lowest BCUT2D eigenvalue weighted by Gasteiger charge is -2.34. The van der Waals surface area contributed by atoms with E-state index in [-0.39, 0.29) is 18.1 Å². The third-order valence-corrected chi connectivity index (χ3v) is 6.28. The zero-order chi connectivity index (χ0) is 20.4. The number of ether oxygens (including phenoxy) is 1. The summed E-state index contributed by atoms with van der Waals surface area (Å²) in [5, 5.41) is 6.85. The molecule has 5 nitrogen and oxygen atoms in total. The summed E-state index contributed by atoms with van der Waals surface area (Å²) in [6, 6.07) is 7.85. The summed E-state index contributed by atoms with van der Waals surface area (Å²) in [5.41, 5.74) is 3.46. The molecule has 0 saturated heterocycles. The first kappa shape index (κ1) is 20.6. The van der Waals surface area contributed by atoms with E-state index in [9.17, 15) is 4.79 Å². The van der Waals surface area contributed by atoms with Crippen molar-refractivity contribution in [2.75, 3.05) is 19.0 Å². The average Bonchev–Trinajstić information content (AvgIpc) is 2.64. The van der Waals surface area contributed by atoms with Gasteiger partial charge in [0.25, 0.3) is 0 Å². The highest BCUT2D eigenvalue weighted by molar-refractivity contribution is 7.80. The molecule has 1 saturated carbocycles. The molecule has 2 aliphatic rings. The summed E-state index contributed by atoms with van der Waals surface area (Å²) in [7, 11) is 4.01. The number of nitrogens with one attached hydrogen (secondary N) is 2. The highest BCUT2D eigenvalue weighted by atomic mass is 32.1. The van der Waals surface area contributed by atoms with Gasteiger partial charge in [0.15, 0.2) is 5.11 Å². The number of carbonyl (C=O) groups excluding carboxylic acids is 1. The van der Waals surface area contributed by atoms with Crippen molar-refractivity contribution in [3.8, 4) is 0 Å². The molecule has 152 valence electrons. The predicted octanol–water partition coefficient (Wildman–Crippen LogP) is 3.91. The second kappa shape index (κ2) is 8.52. The Kier molecular flexibility index (Phi) is 6.28. The molecule has 28 heavy (non-hydrogen) atoms. The first-order valence-electron chi connectivity index (χ1n) is 10.0. The highest BCUT2D eigenvalue weighted by Gasteiger charge is 2.34. The molecule has 1 aliphatic heterocycles. The topological polar surface area (TPSA) is 53.6 Å². The van der Waals surface area contributed by atoms with Gasteiger partial charge in [-0.05, 0) is 67.9 Å². The van der Waals surface area contributed by atoms with E-state index in [0.717, 1.165) is 36.2 Å². The van der Waals surface area contributed by atoms with Crippen LogP contribution in [0.1, 0.15) is 51.6 Å². The van der Waals surface area contributed by atoms with Crippen LogP contribution in [0.2, 0.25) is 0 Å². The molecule has 1 aromatic rings. The second-order valence-electron chi connectivity index (χ2n) is 8.35. The van der Waals surface area contributed by atoms with Gasteiger partial charge < -0.3 is 20.3 Å². The molecule has 1 fully saturated rings. The van der Waals surface area contributed by atoms with E-state index in [2.05, 4.69) is 24.5 Å². The molecule has 2 N–H and O–H groups in total. The van der Waals surface area contributed by atoms with E-state index >= 15 is 0 Å². The summed E-state index contributed by atoms with van der Waals surface area (Å²) in [4.78, 5) is 15.2. The minimum atomic E-state index is -0.308. The minimum Gasteiger partial charge on any atom is -0.459 e. The number of thiocarbonyl (C=S) groups is 1. The summed E-state index contributed by atoms with van der Waals surface area (Å²) in [5.74, 6) is 1.01. The van der Waals surface area contributed by atoms with Gasteiger partial charge in [-0.3, -0.25) is 0 Å². The fourth-order valence-electron chi connectivity index (χ4n) is 4.00. The molecule has 0 spiro atoms. The number of hydrogen-bond acceptors (Lipinski definition) is 4. The molecule has 0 radical (unpaired) electrons. The van der Waals surface area contributed by atoms with Crippen molar-refractivity contribution in [3.63, 3.8) is 0 Å². The Labute approximate surface area is 173 Å². The third-order valence-electron chi connectivity index (χ3n) is 6.06. The van der Waals surface area contributed by atoms with E-state index in [1.807, 2.05) is 50.2 Å². The molecule has 0 amide bonds. The number of anilines is 1. The standard InChI is InChI=1S/C22H31N3O2S/c1-13-6-11-18(12-14(13)2)27-21(26)19-15(3)23-22(28)24-20(19)16-7-9-17(10-8-16)25(4)5/h7-10,13-14,18,20H,6,11-12H2,1-5H3,(H2,23,24,28)/t13-,14-,18+,20-/m0/s1. The van der Waals surface area contributed by atoms with Gasteiger partial charge in [0.05, 0.1) is 11.6 Å². The molecule has 4 atom stereocenters. The van der Waals surface area contributed by atoms with Crippen LogP contribution in [-0.4, -0.2) is 31.3 Å². The Balaban J connectivity index is 1.82. The molecule has 6 heteroatoms. The van der Waals surface area contributed by atoms with E-state index in [4.69, 9.17) is 17.0 Å². The summed E-state index contributed by atoms with van der Waals surface area (Å²) in [6.45, 7) is 6.40. The van der Waals surface area contributed by atoms with Gasteiger partial charge in [-0.2, -0.15) is 0 Å². The Morgan fingerprint density at radius 3 is 2.43 bits per heavy atom. The quantitative estimate of drug-likeness (QED) is 0.589. The second-order valence-corrected chi connectivity index (χ2v) is 8.76. The van der Waals surface area contributed by atoms with Crippen molar-refractivity contribution in [2.24, 2.45) is 11.8 Å². The molecule has 0 unspecified atom stereocenters. The number of hydrogen-bond donors (Lipinski definition) is 2. The van der Waals surface area contributed by atoms with Gasteiger partial charge >= 0.3 is 5.97 Å². The van der Waals surface area contributed by atoms with Crippen LogP contribution < -0.4 is 15.5 Å². The molecule has 1 aliphatic carbocycles. The molecule has 3 rings (SSSR count). The normalized spacial score (nSPS) is 27.7. The van der Waals surface area contributed by atoms with Crippen molar-refractivity contribution in [3.05, 3.63) is 41.1 Å². The number of nitrogens with zero attached hydrogens (tertiary/aromatic N) is 1. The number of esters is 1. The van der Waals surface area contributed by atoms with Crippen molar-refractivity contribution in [1.29, 1.82) is 0 Å². The molecule has 1 heterocycles. The number of allylic oxidation sites excluding steroid dienone is 1. The summed E-state index contributed by atoms with van der Waals surface area (Å²) in [6.07, 6.45) is 2.96. The van der Waals surface area contributed by atoms with Crippen LogP contribution in [0.5, 0.6) is 0 Å². The van der Waals surface area contributed by atoms with Crippen molar-refractivity contribution < 1.29 is 9.53 Å². The Hall–Kier alpha value is -2.08. The fraction of sp³-hybridized carbons (Fsp3) is 0.545. The SMILES string of the molecule is CC1=C(C(=O)O[C@@H]2CC[C@H](C)[C@@H](C)C2)[C@H](c2ccc(N(C)C)cc2)NC(=S)N1. The average molecular weight is 402 g/mol.